The molecule has 0 aliphatic carbocycles. The maximum Gasteiger partial charge on any atom is 0.340 e. The number of esters is 1. The molecule has 1 atom stereocenters. The molecule has 2 heterocycles. The molecule has 7 rings (SSSR count). The largest absolute Gasteiger partial charge is 0.456 e. The molecule has 38 heavy (non-hydrogen) atoms. The highest BCUT2D eigenvalue weighted by molar-refractivity contribution is 5.97. The van der Waals surface area contributed by atoms with Crippen LogP contribution in [0.5, 0.6) is 11.5 Å². The van der Waals surface area contributed by atoms with Crippen LogP contribution in [0.4, 0.5) is 17.1 Å². The number of aryl methyl sites for hydroxylation is 1. The van der Waals surface area contributed by atoms with E-state index in [-0.39, 0.29) is 5.97 Å². The quantitative estimate of drug-likeness (QED) is 0.204. The summed E-state index contributed by atoms with van der Waals surface area (Å²) in [4.78, 5) is 13.2. The number of nitrogens with zero attached hydrogens (tertiary/aromatic N) is 1. The molecule has 0 bridgehead atoms. The van der Waals surface area contributed by atoms with Crippen molar-refractivity contribution in [3.63, 3.8) is 0 Å². The van der Waals surface area contributed by atoms with Crippen LogP contribution in [0, 0.1) is 6.92 Å². The fraction of sp³-hybridized carbons (Fsp3) is 0.0606. The molecule has 5 nitrogen and oxygen atoms in total. The van der Waals surface area contributed by atoms with Crippen molar-refractivity contribution < 1.29 is 14.3 Å². The minimum atomic E-state index is -1.11. The van der Waals surface area contributed by atoms with Crippen molar-refractivity contribution in [2.45, 2.75) is 12.5 Å². The molecule has 2 aliphatic heterocycles. The molecule has 5 aromatic carbocycles. The zero-order chi connectivity index (χ0) is 25.7. The summed E-state index contributed by atoms with van der Waals surface area (Å²) in [6, 6.07) is 39.7. The average Bonchev–Trinajstić information content (AvgIpc) is 3.26. The molecule has 0 saturated heterocycles. The van der Waals surface area contributed by atoms with Crippen molar-refractivity contribution in [2.75, 3.05) is 10.4 Å². The zero-order valence-corrected chi connectivity index (χ0v) is 20.7. The van der Waals surface area contributed by atoms with E-state index in [4.69, 9.17) is 9.47 Å². The Morgan fingerprint density at radius 2 is 1.34 bits per heavy atom. The lowest BCUT2D eigenvalue weighted by Gasteiger charge is -2.37. The van der Waals surface area contributed by atoms with Crippen LogP contribution in [-0.4, -0.2) is 5.97 Å². The van der Waals surface area contributed by atoms with Gasteiger partial charge in [-0.2, -0.15) is 0 Å². The third-order valence-corrected chi connectivity index (χ3v) is 7.25. The van der Waals surface area contributed by atoms with Crippen molar-refractivity contribution in [1.29, 1.82) is 0 Å². The van der Waals surface area contributed by atoms with E-state index in [0.29, 0.717) is 17.1 Å². The highest BCUT2D eigenvalue weighted by Crippen LogP contribution is 2.56. The van der Waals surface area contributed by atoms with E-state index in [1.807, 2.05) is 96.0 Å². The van der Waals surface area contributed by atoms with Crippen molar-refractivity contribution in [1.82, 2.24) is 0 Å². The van der Waals surface area contributed by atoms with Crippen LogP contribution < -0.4 is 15.2 Å². The van der Waals surface area contributed by atoms with Gasteiger partial charge in [-0.05, 0) is 61.0 Å². The first-order chi connectivity index (χ1) is 18.6. The lowest BCUT2D eigenvalue weighted by atomic mass is 9.77. The minimum absolute atomic E-state index is 0.341. The fourth-order valence-electron chi connectivity index (χ4n) is 5.42. The molecule has 1 N–H and O–H groups in total. The number of nitrogens with one attached hydrogen (secondary N) is 1. The first-order valence-electron chi connectivity index (χ1n) is 12.6. The molecule has 5 aromatic rings. The molecule has 0 saturated carbocycles. The van der Waals surface area contributed by atoms with Crippen LogP contribution in [0.25, 0.3) is 0 Å². The molecule has 0 radical (unpaired) electrons. The number of hydrogen-bond donors (Lipinski definition) is 1. The highest BCUT2D eigenvalue weighted by atomic mass is 16.6. The number of carbonyl (C=O) groups excluding carboxylic acids is 1. The summed E-state index contributed by atoms with van der Waals surface area (Å²) in [6.07, 6.45) is 0. The molecular weight excluding hydrogens is 472 g/mol. The van der Waals surface area contributed by atoms with Crippen LogP contribution in [0.1, 0.15) is 32.6 Å². The van der Waals surface area contributed by atoms with E-state index in [1.165, 1.54) is 0 Å². The Hall–Kier alpha value is -5.03. The van der Waals surface area contributed by atoms with E-state index in [2.05, 4.69) is 42.7 Å². The summed E-state index contributed by atoms with van der Waals surface area (Å²) < 4.78 is 12.7. The number of ether oxygens (including phenoxy) is 2. The van der Waals surface area contributed by atoms with Gasteiger partial charge in [-0.25, -0.2) is 4.79 Å². The lowest BCUT2D eigenvalue weighted by Crippen LogP contribution is -2.33. The number of para-hydroxylation sites is 3. The molecule has 1 unspecified atom stereocenters. The van der Waals surface area contributed by atoms with E-state index in [1.54, 1.807) is 0 Å². The van der Waals surface area contributed by atoms with Gasteiger partial charge in [-0.1, -0.05) is 72.8 Å². The summed E-state index contributed by atoms with van der Waals surface area (Å²) >= 11 is 0. The number of hydrazine groups is 1. The van der Waals surface area contributed by atoms with Crippen LogP contribution in [0.3, 0.4) is 0 Å². The van der Waals surface area contributed by atoms with E-state index >= 15 is 0 Å². The van der Waals surface area contributed by atoms with E-state index < -0.39 is 5.60 Å². The summed E-state index contributed by atoms with van der Waals surface area (Å²) in [6.45, 7) is 2.08. The SMILES string of the molecule is Cc1ccccc1NN(c1ccccc1)c1ccc2c(c1)C1(OC(=O)c3ccccc31)c1ccccc1O2. The predicted octanol–water partition coefficient (Wildman–Crippen LogP) is 7.73. The zero-order valence-electron chi connectivity index (χ0n) is 20.7. The Labute approximate surface area is 220 Å². The summed E-state index contributed by atoms with van der Waals surface area (Å²) in [5, 5.41) is 2.04. The normalized spacial score (nSPS) is 16.6. The van der Waals surface area contributed by atoms with Crippen molar-refractivity contribution in [3.8, 4) is 11.5 Å². The van der Waals surface area contributed by atoms with Crippen LogP contribution in [0.2, 0.25) is 0 Å². The number of fused-ring (bicyclic) bond motifs is 6. The fourth-order valence-corrected chi connectivity index (χ4v) is 5.42. The van der Waals surface area contributed by atoms with Gasteiger partial charge in [0.25, 0.3) is 0 Å². The van der Waals surface area contributed by atoms with Crippen molar-refractivity contribution in [2.24, 2.45) is 0 Å². The third kappa shape index (κ3) is 3.29. The minimum Gasteiger partial charge on any atom is -0.456 e. The van der Waals surface area contributed by atoms with Gasteiger partial charge in [0.2, 0.25) is 0 Å². The van der Waals surface area contributed by atoms with Crippen LogP contribution in [0.15, 0.2) is 121 Å². The van der Waals surface area contributed by atoms with Gasteiger partial charge in [0.15, 0.2) is 5.60 Å². The smallest absolute Gasteiger partial charge is 0.340 e. The lowest BCUT2D eigenvalue weighted by molar-refractivity contribution is 0.0224. The average molecular weight is 497 g/mol. The number of hydrogen-bond acceptors (Lipinski definition) is 5. The monoisotopic (exact) mass is 496 g/mol. The van der Waals surface area contributed by atoms with Gasteiger partial charge in [-0.3, -0.25) is 10.4 Å². The summed E-state index contributed by atoms with van der Waals surface area (Å²) in [7, 11) is 0. The van der Waals surface area contributed by atoms with Gasteiger partial charge in [0.05, 0.1) is 22.6 Å². The Morgan fingerprint density at radius 3 is 2.18 bits per heavy atom. The molecule has 0 aromatic heterocycles. The van der Waals surface area contributed by atoms with Gasteiger partial charge in [-0.15, -0.1) is 0 Å². The molecular formula is C33H24N2O3. The Kier molecular flexibility index (Phi) is 4.98. The predicted molar refractivity (Wildman–Crippen MR) is 148 cm³/mol. The Morgan fingerprint density at radius 1 is 0.658 bits per heavy atom. The second-order valence-corrected chi connectivity index (χ2v) is 9.49. The molecule has 0 amide bonds. The molecule has 0 fully saturated rings. The molecule has 2 aliphatic rings. The number of rotatable bonds is 4. The first-order valence-corrected chi connectivity index (χ1v) is 12.6. The molecule has 5 heteroatoms. The highest BCUT2D eigenvalue weighted by Gasteiger charge is 2.53. The Balaban J connectivity index is 1.45. The maximum absolute atomic E-state index is 13.2. The van der Waals surface area contributed by atoms with E-state index in [0.717, 1.165) is 39.3 Å². The summed E-state index contributed by atoms with van der Waals surface area (Å²) in [5.41, 5.74) is 9.41. The number of anilines is 3. The van der Waals surface area contributed by atoms with Crippen LogP contribution >= 0.6 is 0 Å². The van der Waals surface area contributed by atoms with E-state index in [9.17, 15) is 4.79 Å². The molecule has 1 spiro atoms. The topological polar surface area (TPSA) is 50.8 Å². The Bertz CT molecular complexity index is 1700. The maximum atomic E-state index is 13.2. The second-order valence-electron chi connectivity index (χ2n) is 9.49. The van der Waals surface area contributed by atoms with Crippen molar-refractivity contribution >= 4 is 23.0 Å². The number of benzene rings is 5. The summed E-state index contributed by atoms with van der Waals surface area (Å²) in [5.74, 6) is 0.989. The molecule has 184 valence electrons. The van der Waals surface area contributed by atoms with Gasteiger partial charge in [0.1, 0.15) is 11.5 Å². The van der Waals surface area contributed by atoms with Gasteiger partial charge < -0.3 is 9.47 Å². The number of carbonyl (C=O) groups is 1. The third-order valence-electron chi connectivity index (χ3n) is 7.25. The van der Waals surface area contributed by atoms with Crippen molar-refractivity contribution in [3.05, 3.63) is 149 Å². The first kappa shape index (κ1) is 22.2. The van der Waals surface area contributed by atoms with Gasteiger partial charge in [0, 0.05) is 16.7 Å². The van der Waals surface area contributed by atoms with Gasteiger partial charge >= 0.3 is 5.97 Å². The second kappa shape index (κ2) is 8.53. The standard InChI is InChI=1S/C33H24N2O3/c1-22-11-5-9-17-29(22)34-35(23-12-3-2-4-13-23)24-19-20-31-28(21-24)33(27-16-8-10-18-30(27)37-31)26-15-7-6-14-25(26)32(36)38-33/h2-21,34H,1H3. The van der Waals surface area contributed by atoms with Crippen LogP contribution in [-0.2, 0) is 10.3 Å².